The first-order chi connectivity index (χ1) is 8.08. The second-order valence-corrected chi connectivity index (χ2v) is 4.62. The molecule has 0 aromatic carbocycles. The van der Waals surface area contributed by atoms with Crippen molar-refractivity contribution in [1.29, 1.82) is 5.41 Å². The van der Waals surface area contributed by atoms with E-state index in [4.69, 9.17) is 11.1 Å². The van der Waals surface area contributed by atoms with Gasteiger partial charge in [-0.3, -0.25) is 5.41 Å². The van der Waals surface area contributed by atoms with E-state index in [1.807, 2.05) is 12.1 Å². The Morgan fingerprint density at radius 2 is 2.24 bits per heavy atom. The third-order valence-corrected chi connectivity index (χ3v) is 3.18. The monoisotopic (exact) mass is 233 g/mol. The maximum atomic E-state index is 7.33. The number of piperazine rings is 1. The minimum Gasteiger partial charge on any atom is -0.384 e. The number of amidine groups is 1. The molecule has 1 fully saturated rings. The molecule has 0 spiro atoms. The van der Waals surface area contributed by atoms with Gasteiger partial charge < -0.3 is 15.5 Å². The number of nitrogens with one attached hydrogen (secondary N) is 1. The lowest BCUT2D eigenvalue weighted by Crippen LogP contribution is -2.50. The molecular formula is C12H19N5. The average Bonchev–Trinajstić information content (AvgIpc) is 2.29. The van der Waals surface area contributed by atoms with Crippen LogP contribution in [-0.4, -0.2) is 48.4 Å². The predicted octanol–water partition coefficient (Wildman–Crippen LogP) is 0.506. The molecule has 0 aliphatic carbocycles. The Labute approximate surface area is 102 Å². The molecule has 0 saturated carbocycles. The minimum atomic E-state index is 0.0653. The summed E-state index contributed by atoms with van der Waals surface area (Å²) in [4.78, 5) is 9.01. The van der Waals surface area contributed by atoms with Gasteiger partial charge >= 0.3 is 0 Å². The van der Waals surface area contributed by atoms with E-state index >= 15 is 0 Å². The molecule has 1 saturated heterocycles. The van der Waals surface area contributed by atoms with Crippen molar-refractivity contribution in [3.05, 3.63) is 23.9 Å². The molecule has 2 rings (SSSR count). The summed E-state index contributed by atoms with van der Waals surface area (Å²) >= 11 is 0. The van der Waals surface area contributed by atoms with Crippen molar-refractivity contribution in [2.24, 2.45) is 5.73 Å². The number of anilines is 1. The standard InChI is InChI=1S/C12H19N5/c1-9-8-16(2)5-6-17(9)11-4-3-10(7-15-11)12(13)14/h3-4,7,9H,5-6,8H2,1-2H3,(H3,13,14). The zero-order valence-electron chi connectivity index (χ0n) is 10.3. The second-order valence-electron chi connectivity index (χ2n) is 4.62. The quantitative estimate of drug-likeness (QED) is 0.577. The summed E-state index contributed by atoms with van der Waals surface area (Å²) in [6, 6.07) is 4.26. The summed E-state index contributed by atoms with van der Waals surface area (Å²) in [5.41, 5.74) is 6.09. The molecule has 17 heavy (non-hydrogen) atoms. The van der Waals surface area contributed by atoms with Crippen molar-refractivity contribution in [3.63, 3.8) is 0 Å². The van der Waals surface area contributed by atoms with Crippen LogP contribution in [-0.2, 0) is 0 Å². The number of rotatable bonds is 2. The zero-order chi connectivity index (χ0) is 12.4. The molecule has 92 valence electrons. The van der Waals surface area contributed by atoms with Gasteiger partial charge in [-0.2, -0.15) is 0 Å². The summed E-state index contributed by atoms with van der Waals surface area (Å²) in [5.74, 6) is 1.03. The van der Waals surface area contributed by atoms with Gasteiger partial charge in [-0.15, -0.1) is 0 Å². The van der Waals surface area contributed by atoms with Crippen molar-refractivity contribution in [1.82, 2.24) is 9.88 Å². The lowest BCUT2D eigenvalue weighted by Gasteiger charge is -2.39. The van der Waals surface area contributed by atoms with E-state index < -0.39 is 0 Å². The van der Waals surface area contributed by atoms with Crippen molar-refractivity contribution in [3.8, 4) is 0 Å². The highest BCUT2D eigenvalue weighted by Gasteiger charge is 2.22. The van der Waals surface area contributed by atoms with E-state index in [9.17, 15) is 0 Å². The van der Waals surface area contributed by atoms with Gasteiger partial charge in [0.05, 0.1) is 0 Å². The third-order valence-electron chi connectivity index (χ3n) is 3.18. The fourth-order valence-corrected chi connectivity index (χ4v) is 2.20. The van der Waals surface area contributed by atoms with Crippen LogP contribution in [0.1, 0.15) is 12.5 Å². The molecule has 5 nitrogen and oxygen atoms in total. The lowest BCUT2D eigenvalue weighted by atomic mass is 10.2. The summed E-state index contributed by atoms with van der Waals surface area (Å²) in [6.45, 7) is 5.30. The number of pyridine rings is 1. The SMILES string of the molecule is CC1CN(C)CCN1c1ccc(C(=N)N)cn1. The highest BCUT2D eigenvalue weighted by atomic mass is 15.3. The largest absolute Gasteiger partial charge is 0.384 e. The van der Waals surface area contributed by atoms with Crippen molar-refractivity contribution in [2.75, 3.05) is 31.6 Å². The fraction of sp³-hybridized carbons (Fsp3) is 0.500. The van der Waals surface area contributed by atoms with Gasteiger partial charge in [-0.05, 0) is 26.1 Å². The smallest absolute Gasteiger partial charge is 0.128 e. The Hall–Kier alpha value is -1.62. The van der Waals surface area contributed by atoms with Crippen molar-refractivity contribution >= 4 is 11.7 Å². The van der Waals surface area contributed by atoms with Crippen LogP contribution >= 0.6 is 0 Å². The maximum absolute atomic E-state index is 7.33. The van der Waals surface area contributed by atoms with E-state index in [1.54, 1.807) is 6.20 Å². The molecule has 5 heteroatoms. The molecule has 2 heterocycles. The second kappa shape index (κ2) is 4.71. The van der Waals surface area contributed by atoms with Gasteiger partial charge in [0.1, 0.15) is 11.7 Å². The highest BCUT2D eigenvalue weighted by Crippen LogP contribution is 2.17. The number of nitrogen functional groups attached to an aromatic ring is 1. The van der Waals surface area contributed by atoms with Crippen molar-refractivity contribution in [2.45, 2.75) is 13.0 Å². The molecule has 1 aromatic heterocycles. The van der Waals surface area contributed by atoms with E-state index in [0.29, 0.717) is 11.6 Å². The molecule has 0 amide bonds. The molecule has 1 aliphatic heterocycles. The first-order valence-corrected chi connectivity index (χ1v) is 5.83. The molecule has 1 aliphatic rings. The van der Waals surface area contributed by atoms with Gasteiger partial charge in [-0.1, -0.05) is 0 Å². The highest BCUT2D eigenvalue weighted by molar-refractivity contribution is 5.94. The summed E-state index contributed by atoms with van der Waals surface area (Å²) in [5, 5.41) is 7.33. The van der Waals surface area contributed by atoms with Crippen LogP contribution in [0.4, 0.5) is 5.82 Å². The maximum Gasteiger partial charge on any atom is 0.128 e. The zero-order valence-corrected chi connectivity index (χ0v) is 10.3. The topological polar surface area (TPSA) is 69.2 Å². The first-order valence-electron chi connectivity index (χ1n) is 5.83. The lowest BCUT2D eigenvalue weighted by molar-refractivity contribution is 0.274. The molecule has 1 unspecified atom stereocenters. The van der Waals surface area contributed by atoms with Crippen LogP contribution < -0.4 is 10.6 Å². The van der Waals surface area contributed by atoms with Crippen LogP contribution in [0.2, 0.25) is 0 Å². The van der Waals surface area contributed by atoms with E-state index in [-0.39, 0.29) is 5.84 Å². The van der Waals surface area contributed by atoms with E-state index in [0.717, 1.165) is 25.5 Å². The summed E-state index contributed by atoms with van der Waals surface area (Å²) in [7, 11) is 2.14. The van der Waals surface area contributed by atoms with Crippen LogP contribution in [0.25, 0.3) is 0 Å². The summed E-state index contributed by atoms with van der Waals surface area (Å²) in [6.07, 6.45) is 1.67. The van der Waals surface area contributed by atoms with Gasteiger partial charge in [0.2, 0.25) is 0 Å². The molecule has 1 atom stereocenters. The number of hydrogen-bond donors (Lipinski definition) is 2. The Morgan fingerprint density at radius 1 is 1.47 bits per heavy atom. The van der Waals surface area contributed by atoms with Crippen LogP contribution in [0, 0.1) is 5.41 Å². The Balaban J connectivity index is 2.14. The first kappa shape index (κ1) is 11.9. The van der Waals surface area contributed by atoms with Crippen LogP contribution in [0.15, 0.2) is 18.3 Å². The normalized spacial score (nSPS) is 21.5. The molecule has 0 radical (unpaired) electrons. The third kappa shape index (κ3) is 2.55. The van der Waals surface area contributed by atoms with Gasteiger partial charge in [-0.25, -0.2) is 4.98 Å². The number of nitrogens with zero attached hydrogens (tertiary/aromatic N) is 3. The minimum absolute atomic E-state index is 0.0653. The Kier molecular flexibility index (Phi) is 3.28. The average molecular weight is 233 g/mol. The van der Waals surface area contributed by atoms with Gasteiger partial charge in [0.15, 0.2) is 0 Å². The van der Waals surface area contributed by atoms with E-state index in [2.05, 4.69) is 28.8 Å². The van der Waals surface area contributed by atoms with Crippen molar-refractivity contribution < 1.29 is 0 Å². The number of hydrogen-bond acceptors (Lipinski definition) is 4. The molecule has 1 aromatic rings. The van der Waals surface area contributed by atoms with Crippen LogP contribution in [0.5, 0.6) is 0 Å². The molecule has 0 bridgehead atoms. The van der Waals surface area contributed by atoms with Gasteiger partial charge in [0, 0.05) is 37.4 Å². The number of aromatic nitrogens is 1. The fourth-order valence-electron chi connectivity index (χ4n) is 2.20. The molecule has 3 N–H and O–H groups in total. The predicted molar refractivity (Wildman–Crippen MR) is 69.6 cm³/mol. The molecular weight excluding hydrogens is 214 g/mol. The number of nitrogens with two attached hydrogens (primary N) is 1. The summed E-state index contributed by atoms with van der Waals surface area (Å²) < 4.78 is 0. The number of likely N-dealkylation sites (N-methyl/N-ethyl adjacent to an activating group) is 1. The van der Waals surface area contributed by atoms with Gasteiger partial charge in [0.25, 0.3) is 0 Å². The van der Waals surface area contributed by atoms with E-state index in [1.165, 1.54) is 0 Å². The Morgan fingerprint density at radius 3 is 2.76 bits per heavy atom. The van der Waals surface area contributed by atoms with Crippen LogP contribution in [0.3, 0.4) is 0 Å². The Bertz CT molecular complexity index is 400.